The number of rotatable bonds is 8. The SMILES string of the molecule is CC#CCC(C)C(=O)N(C)CCCCCC(C)=O. The molecule has 0 spiro atoms. The molecule has 1 unspecified atom stereocenters. The number of ketones is 1. The van der Waals surface area contributed by atoms with Crippen LogP contribution in [-0.4, -0.2) is 30.2 Å². The van der Waals surface area contributed by atoms with Crippen molar-refractivity contribution in [3.05, 3.63) is 0 Å². The fourth-order valence-corrected chi connectivity index (χ4v) is 1.73. The lowest BCUT2D eigenvalue weighted by molar-refractivity contribution is -0.133. The van der Waals surface area contributed by atoms with Crippen molar-refractivity contribution in [2.45, 2.75) is 52.9 Å². The predicted octanol–water partition coefficient (Wildman–Crippen LogP) is 2.64. The fourth-order valence-electron chi connectivity index (χ4n) is 1.73. The van der Waals surface area contributed by atoms with Gasteiger partial charge in [-0.25, -0.2) is 0 Å². The summed E-state index contributed by atoms with van der Waals surface area (Å²) in [5, 5.41) is 0. The third-order valence-electron chi connectivity index (χ3n) is 2.91. The molecule has 0 aromatic heterocycles. The van der Waals surface area contributed by atoms with Gasteiger partial charge in [0, 0.05) is 32.4 Å². The summed E-state index contributed by atoms with van der Waals surface area (Å²) in [4.78, 5) is 24.5. The smallest absolute Gasteiger partial charge is 0.226 e. The maximum absolute atomic E-state index is 11.9. The van der Waals surface area contributed by atoms with Crippen molar-refractivity contribution in [3.8, 4) is 11.8 Å². The maximum atomic E-state index is 11.9. The van der Waals surface area contributed by atoms with E-state index in [0.717, 1.165) is 25.8 Å². The number of unbranched alkanes of at least 4 members (excludes halogenated alkanes) is 2. The normalized spacial score (nSPS) is 11.3. The lowest BCUT2D eigenvalue weighted by Crippen LogP contribution is -2.32. The molecule has 0 aliphatic heterocycles. The molecule has 0 radical (unpaired) electrons. The molecule has 0 rings (SSSR count). The van der Waals surface area contributed by atoms with Crippen LogP contribution in [0.2, 0.25) is 0 Å². The second-order valence-electron chi connectivity index (χ2n) is 4.80. The lowest BCUT2D eigenvalue weighted by Gasteiger charge is -2.20. The van der Waals surface area contributed by atoms with E-state index < -0.39 is 0 Å². The van der Waals surface area contributed by atoms with Crippen LogP contribution >= 0.6 is 0 Å². The highest BCUT2D eigenvalue weighted by Gasteiger charge is 2.15. The summed E-state index contributed by atoms with van der Waals surface area (Å²) >= 11 is 0. The highest BCUT2D eigenvalue weighted by atomic mass is 16.2. The molecular formula is C15H25NO2. The lowest BCUT2D eigenvalue weighted by atomic mass is 10.1. The van der Waals surface area contributed by atoms with Gasteiger partial charge in [-0.05, 0) is 26.7 Å². The third kappa shape index (κ3) is 7.89. The van der Waals surface area contributed by atoms with Gasteiger partial charge in [-0.15, -0.1) is 11.8 Å². The van der Waals surface area contributed by atoms with Gasteiger partial charge in [-0.2, -0.15) is 0 Å². The molecule has 0 aromatic rings. The van der Waals surface area contributed by atoms with E-state index in [0.29, 0.717) is 12.8 Å². The second-order valence-corrected chi connectivity index (χ2v) is 4.80. The van der Waals surface area contributed by atoms with Gasteiger partial charge in [0.2, 0.25) is 5.91 Å². The summed E-state index contributed by atoms with van der Waals surface area (Å²) in [6.45, 7) is 6.08. The number of nitrogens with zero attached hydrogens (tertiary/aromatic N) is 1. The van der Waals surface area contributed by atoms with Crippen LogP contribution in [0.3, 0.4) is 0 Å². The zero-order valence-electron chi connectivity index (χ0n) is 12.1. The first kappa shape index (κ1) is 16.7. The van der Waals surface area contributed by atoms with Gasteiger partial charge >= 0.3 is 0 Å². The Kier molecular flexibility index (Phi) is 9.00. The quantitative estimate of drug-likeness (QED) is 0.491. The van der Waals surface area contributed by atoms with Crippen LogP contribution in [0.4, 0.5) is 0 Å². The van der Waals surface area contributed by atoms with Gasteiger partial charge in [-0.1, -0.05) is 13.3 Å². The number of carbonyl (C=O) groups is 2. The molecule has 0 bridgehead atoms. The molecular weight excluding hydrogens is 226 g/mol. The minimum Gasteiger partial charge on any atom is -0.346 e. The Labute approximate surface area is 111 Å². The monoisotopic (exact) mass is 251 g/mol. The average Bonchev–Trinajstić information content (AvgIpc) is 2.33. The van der Waals surface area contributed by atoms with E-state index in [1.807, 2.05) is 14.0 Å². The number of carbonyl (C=O) groups excluding carboxylic acids is 2. The van der Waals surface area contributed by atoms with Crippen molar-refractivity contribution in [1.29, 1.82) is 0 Å². The van der Waals surface area contributed by atoms with Crippen molar-refractivity contribution in [2.75, 3.05) is 13.6 Å². The zero-order chi connectivity index (χ0) is 14.0. The first-order valence-electron chi connectivity index (χ1n) is 6.63. The molecule has 0 aliphatic rings. The van der Waals surface area contributed by atoms with E-state index in [9.17, 15) is 9.59 Å². The molecule has 0 aliphatic carbocycles. The van der Waals surface area contributed by atoms with Crippen LogP contribution in [-0.2, 0) is 9.59 Å². The summed E-state index contributed by atoms with van der Waals surface area (Å²) in [7, 11) is 1.84. The van der Waals surface area contributed by atoms with Crippen molar-refractivity contribution in [2.24, 2.45) is 5.92 Å². The molecule has 0 saturated heterocycles. The minimum absolute atomic E-state index is 0.0281. The topological polar surface area (TPSA) is 37.4 Å². The zero-order valence-corrected chi connectivity index (χ0v) is 12.1. The Morgan fingerprint density at radius 2 is 1.89 bits per heavy atom. The van der Waals surface area contributed by atoms with Gasteiger partial charge < -0.3 is 9.69 Å². The maximum Gasteiger partial charge on any atom is 0.226 e. The second kappa shape index (κ2) is 9.70. The van der Waals surface area contributed by atoms with E-state index in [1.54, 1.807) is 18.7 Å². The molecule has 1 atom stereocenters. The van der Waals surface area contributed by atoms with Crippen LogP contribution in [0.15, 0.2) is 0 Å². The summed E-state index contributed by atoms with van der Waals surface area (Å²) < 4.78 is 0. The van der Waals surface area contributed by atoms with Crippen LogP contribution in [0, 0.1) is 17.8 Å². The van der Waals surface area contributed by atoms with Crippen LogP contribution in [0.5, 0.6) is 0 Å². The van der Waals surface area contributed by atoms with Gasteiger partial charge in [0.15, 0.2) is 0 Å². The third-order valence-corrected chi connectivity index (χ3v) is 2.91. The molecule has 18 heavy (non-hydrogen) atoms. The average molecular weight is 251 g/mol. The summed E-state index contributed by atoms with van der Waals surface area (Å²) in [5.74, 6) is 6.12. The molecule has 0 aromatic carbocycles. The number of hydrogen-bond acceptors (Lipinski definition) is 2. The molecule has 0 heterocycles. The van der Waals surface area contributed by atoms with E-state index >= 15 is 0 Å². The molecule has 1 amide bonds. The fraction of sp³-hybridized carbons (Fsp3) is 0.733. The standard InChI is InChI=1S/C15H25NO2/c1-5-6-10-13(2)15(18)16(4)12-9-7-8-11-14(3)17/h13H,7-12H2,1-4H3. The van der Waals surface area contributed by atoms with Crippen molar-refractivity contribution in [1.82, 2.24) is 4.90 Å². The Balaban J connectivity index is 3.79. The Bertz CT molecular complexity index is 325. The molecule has 0 N–H and O–H groups in total. The van der Waals surface area contributed by atoms with Gasteiger partial charge in [0.05, 0.1) is 0 Å². The Hall–Kier alpha value is -1.30. The number of Topliss-reactive ketones (excluding diaryl/α,β-unsaturated/α-hetero) is 1. The van der Waals surface area contributed by atoms with Crippen LogP contribution in [0.25, 0.3) is 0 Å². The first-order valence-corrected chi connectivity index (χ1v) is 6.63. The van der Waals surface area contributed by atoms with E-state index in [4.69, 9.17) is 0 Å². The van der Waals surface area contributed by atoms with Crippen LogP contribution < -0.4 is 0 Å². The van der Waals surface area contributed by atoms with Crippen molar-refractivity contribution >= 4 is 11.7 Å². The van der Waals surface area contributed by atoms with E-state index in [2.05, 4.69) is 11.8 Å². The van der Waals surface area contributed by atoms with E-state index in [1.165, 1.54) is 0 Å². The summed E-state index contributed by atoms with van der Waals surface area (Å²) in [6.07, 6.45) is 4.17. The van der Waals surface area contributed by atoms with E-state index in [-0.39, 0.29) is 17.6 Å². The predicted molar refractivity (Wildman–Crippen MR) is 74.0 cm³/mol. The Morgan fingerprint density at radius 1 is 1.22 bits per heavy atom. The Morgan fingerprint density at radius 3 is 2.44 bits per heavy atom. The summed E-state index contributed by atoms with van der Waals surface area (Å²) in [5.41, 5.74) is 0. The molecule has 102 valence electrons. The minimum atomic E-state index is -0.0281. The largest absolute Gasteiger partial charge is 0.346 e. The van der Waals surface area contributed by atoms with Crippen molar-refractivity contribution in [3.63, 3.8) is 0 Å². The molecule has 0 fully saturated rings. The summed E-state index contributed by atoms with van der Waals surface area (Å²) in [6, 6.07) is 0. The number of hydrogen-bond donors (Lipinski definition) is 0. The van der Waals surface area contributed by atoms with Gasteiger partial charge in [-0.3, -0.25) is 4.79 Å². The van der Waals surface area contributed by atoms with Crippen LogP contribution in [0.1, 0.15) is 52.9 Å². The van der Waals surface area contributed by atoms with Gasteiger partial charge in [0.25, 0.3) is 0 Å². The van der Waals surface area contributed by atoms with Gasteiger partial charge in [0.1, 0.15) is 5.78 Å². The highest BCUT2D eigenvalue weighted by molar-refractivity contribution is 5.78. The highest BCUT2D eigenvalue weighted by Crippen LogP contribution is 2.07. The molecule has 3 heteroatoms. The first-order chi connectivity index (χ1) is 8.49. The molecule has 0 saturated carbocycles. The van der Waals surface area contributed by atoms with Crippen molar-refractivity contribution < 1.29 is 9.59 Å². The number of amides is 1. The molecule has 3 nitrogen and oxygen atoms in total.